The van der Waals surface area contributed by atoms with E-state index in [0.29, 0.717) is 18.6 Å². The molecule has 0 aromatic carbocycles. The van der Waals surface area contributed by atoms with Gasteiger partial charge in [-0.05, 0) is 12.8 Å². The molecule has 0 aliphatic rings. The minimum atomic E-state index is 0.258. The molecule has 0 aromatic rings. The zero-order valence-electron chi connectivity index (χ0n) is 8.81. The number of rotatable bonds is 7. The highest BCUT2D eigenvalue weighted by Gasteiger charge is 2.14. The lowest BCUT2D eigenvalue weighted by Gasteiger charge is -2.11. The molecule has 0 saturated heterocycles. The van der Waals surface area contributed by atoms with Crippen molar-refractivity contribution in [1.82, 2.24) is 0 Å². The zero-order valence-corrected chi connectivity index (χ0v) is 8.81. The fourth-order valence-corrected chi connectivity index (χ4v) is 1.44. The molecule has 0 radical (unpaired) electrons. The predicted molar refractivity (Wildman–Crippen MR) is 56.4 cm³/mol. The molecule has 0 amide bonds. The molecule has 0 saturated carbocycles. The van der Waals surface area contributed by atoms with Gasteiger partial charge in [-0.25, -0.2) is 0 Å². The molecule has 1 unspecified atom stereocenters. The minimum absolute atomic E-state index is 0.258. The van der Waals surface area contributed by atoms with Crippen molar-refractivity contribution in [3.63, 3.8) is 0 Å². The number of carbonyl (C=O) groups excluding carboxylic acids is 1. The minimum Gasteiger partial charge on any atom is -0.299 e. The van der Waals surface area contributed by atoms with Gasteiger partial charge in [0.15, 0.2) is 0 Å². The Balaban J connectivity index is 3.79. The van der Waals surface area contributed by atoms with Crippen molar-refractivity contribution in [2.45, 2.75) is 52.4 Å². The lowest BCUT2D eigenvalue weighted by atomic mass is 9.92. The van der Waals surface area contributed by atoms with Crippen LogP contribution >= 0.6 is 0 Å². The van der Waals surface area contributed by atoms with Crippen LogP contribution in [0.5, 0.6) is 0 Å². The van der Waals surface area contributed by atoms with E-state index >= 15 is 0 Å². The van der Waals surface area contributed by atoms with E-state index in [2.05, 4.69) is 19.8 Å². The van der Waals surface area contributed by atoms with Crippen molar-refractivity contribution in [3.8, 4) is 12.3 Å². The molecule has 0 N–H and O–H groups in total. The normalized spacial score (nSPS) is 12.1. The predicted octanol–water partition coefficient (Wildman–Crippen LogP) is 3.19. The molecule has 0 bridgehead atoms. The van der Waals surface area contributed by atoms with Crippen molar-refractivity contribution >= 4 is 5.78 Å². The smallest absolute Gasteiger partial charge is 0.136 e. The van der Waals surface area contributed by atoms with Gasteiger partial charge >= 0.3 is 0 Å². The van der Waals surface area contributed by atoms with Gasteiger partial charge in [-0.1, -0.05) is 26.7 Å². The second kappa shape index (κ2) is 7.86. The first-order valence-corrected chi connectivity index (χ1v) is 5.22. The monoisotopic (exact) mass is 180 g/mol. The molecule has 0 spiro atoms. The van der Waals surface area contributed by atoms with Crippen molar-refractivity contribution < 1.29 is 4.79 Å². The van der Waals surface area contributed by atoms with E-state index < -0.39 is 0 Å². The second-order valence-corrected chi connectivity index (χ2v) is 3.42. The van der Waals surface area contributed by atoms with Crippen LogP contribution in [0.15, 0.2) is 0 Å². The SMILES string of the molecule is C#CCCC(=O)C(CC)CCCC. The second-order valence-electron chi connectivity index (χ2n) is 3.42. The summed E-state index contributed by atoms with van der Waals surface area (Å²) in [6.45, 7) is 4.23. The molecule has 74 valence electrons. The summed E-state index contributed by atoms with van der Waals surface area (Å²) in [4.78, 5) is 11.5. The maximum atomic E-state index is 11.5. The third-order valence-electron chi connectivity index (χ3n) is 2.37. The summed E-state index contributed by atoms with van der Waals surface area (Å²) in [5.74, 6) is 3.13. The number of ketones is 1. The van der Waals surface area contributed by atoms with E-state index in [4.69, 9.17) is 6.42 Å². The van der Waals surface area contributed by atoms with E-state index in [0.717, 1.165) is 19.3 Å². The number of unbranched alkanes of at least 4 members (excludes halogenated alkanes) is 1. The summed E-state index contributed by atoms with van der Waals surface area (Å²) in [5.41, 5.74) is 0. The summed E-state index contributed by atoms with van der Waals surface area (Å²) >= 11 is 0. The fourth-order valence-electron chi connectivity index (χ4n) is 1.44. The Labute approximate surface area is 81.9 Å². The molecule has 0 rings (SSSR count). The number of carbonyl (C=O) groups is 1. The maximum absolute atomic E-state index is 11.5. The van der Waals surface area contributed by atoms with Crippen LogP contribution in [0, 0.1) is 18.3 Å². The van der Waals surface area contributed by atoms with Gasteiger partial charge in [-0.15, -0.1) is 12.3 Å². The van der Waals surface area contributed by atoms with Gasteiger partial charge in [0.05, 0.1) is 0 Å². The van der Waals surface area contributed by atoms with E-state index in [9.17, 15) is 4.79 Å². The Morgan fingerprint density at radius 3 is 2.62 bits per heavy atom. The van der Waals surface area contributed by atoms with Gasteiger partial charge in [-0.2, -0.15) is 0 Å². The Hall–Kier alpha value is -0.770. The number of hydrogen-bond donors (Lipinski definition) is 0. The number of terminal acetylenes is 1. The van der Waals surface area contributed by atoms with Gasteiger partial charge in [0.2, 0.25) is 0 Å². The average Bonchev–Trinajstić information content (AvgIpc) is 2.16. The molecule has 1 nitrogen and oxygen atoms in total. The van der Waals surface area contributed by atoms with Crippen LogP contribution in [-0.2, 0) is 4.79 Å². The molecule has 1 atom stereocenters. The summed E-state index contributed by atoms with van der Waals surface area (Å²) < 4.78 is 0. The van der Waals surface area contributed by atoms with E-state index in [1.165, 1.54) is 6.42 Å². The maximum Gasteiger partial charge on any atom is 0.136 e. The van der Waals surface area contributed by atoms with Crippen LogP contribution in [-0.4, -0.2) is 5.78 Å². The first-order valence-electron chi connectivity index (χ1n) is 5.22. The fraction of sp³-hybridized carbons (Fsp3) is 0.750. The molecule has 0 fully saturated rings. The third-order valence-corrected chi connectivity index (χ3v) is 2.37. The molecular weight excluding hydrogens is 160 g/mol. The topological polar surface area (TPSA) is 17.1 Å². The van der Waals surface area contributed by atoms with Crippen LogP contribution in [0.4, 0.5) is 0 Å². The van der Waals surface area contributed by atoms with Crippen LogP contribution in [0.3, 0.4) is 0 Å². The van der Waals surface area contributed by atoms with Crippen LogP contribution < -0.4 is 0 Å². The van der Waals surface area contributed by atoms with Crippen molar-refractivity contribution in [2.75, 3.05) is 0 Å². The van der Waals surface area contributed by atoms with E-state index in [1.807, 2.05) is 0 Å². The Kier molecular flexibility index (Phi) is 7.39. The summed E-state index contributed by atoms with van der Waals surface area (Å²) in [6.07, 6.45) is 10.6. The van der Waals surface area contributed by atoms with E-state index in [1.54, 1.807) is 0 Å². The molecule has 1 heteroatoms. The molecule has 0 aliphatic carbocycles. The Morgan fingerprint density at radius 2 is 2.15 bits per heavy atom. The third kappa shape index (κ3) is 5.47. The highest BCUT2D eigenvalue weighted by molar-refractivity contribution is 5.81. The standard InChI is InChI=1S/C12H20O/c1-4-7-9-11(6-3)12(13)10-8-5-2/h2,11H,4,6-10H2,1,3H3. The molecule has 13 heavy (non-hydrogen) atoms. The molecular formula is C12H20O. The van der Waals surface area contributed by atoms with Gasteiger partial charge in [0.1, 0.15) is 5.78 Å². The lowest BCUT2D eigenvalue weighted by Crippen LogP contribution is -2.13. The Morgan fingerprint density at radius 1 is 1.46 bits per heavy atom. The molecule has 0 aromatic heterocycles. The Bertz CT molecular complexity index is 176. The summed E-state index contributed by atoms with van der Waals surface area (Å²) in [7, 11) is 0. The highest BCUT2D eigenvalue weighted by Crippen LogP contribution is 2.15. The average molecular weight is 180 g/mol. The van der Waals surface area contributed by atoms with Gasteiger partial charge < -0.3 is 0 Å². The highest BCUT2D eigenvalue weighted by atomic mass is 16.1. The van der Waals surface area contributed by atoms with Crippen molar-refractivity contribution in [2.24, 2.45) is 5.92 Å². The molecule has 0 heterocycles. The molecule has 0 aliphatic heterocycles. The summed E-state index contributed by atoms with van der Waals surface area (Å²) in [5, 5.41) is 0. The van der Waals surface area contributed by atoms with Crippen LogP contribution in [0.2, 0.25) is 0 Å². The lowest BCUT2D eigenvalue weighted by molar-refractivity contribution is -0.123. The van der Waals surface area contributed by atoms with E-state index in [-0.39, 0.29) is 5.92 Å². The number of Topliss-reactive ketones (excluding diaryl/α,β-unsaturated/α-hetero) is 1. The quantitative estimate of drug-likeness (QED) is 0.550. The van der Waals surface area contributed by atoms with Crippen molar-refractivity contribution in [1.29, 1.82) is 0 Å². The first-order chi connectivity index (χ1) is 6.26. The van der Waals surface area contributed by atoms with Crippen LogP contribution in [0.25, 0.3) is 0 Å². The number of hydrogen-bond acceptors (Lipinski definition) is 1. The first kappa shape index (κ1) is 12.2. The van der Waals surface area contributed by atoms with Gasteiger partial charge in [0.25, 0.3) is 0 Å². The van der Waals surface area contributed by atoms with Crippen molar-refractivity contribution in [3.05, 3.63) is 0 Å². The van der Waals surface area contributed by atoms with Crippen LogP contribution in [0.1, 0.15) is 52.4 Å². The zero-order chi connectivity index (χ0) is 10.1. The largest absolute Gasteiger partial charge is 0.299 e. The van der Waals surface area contributed by atoms with Gasteiger partial charge in [-0.3, -0.25) is 4.79 Å². The van der Waals surface area contributed by atoms with Gasteiger partial charge in [0, 0.05) is 18.8 Å². The summed E-state index contributed by atoms with van der Waals surface area (Å²) in [6, 6.07) is 0.